The van der Waals surface area contributed by atoms with Gasteiger partial charge in [0.1, 0.15) is 0 Å². The van der Waals surface area contributed by atoms with Gasteiger partial charge in [-0.1, -0.05) is 120 Å². The summed E-state index contributed by atoms with van der Waals surface area (Å²) in [5, 5.41) is 0. The van der Waals surface area contributed by atoms with Crippen LogP contribution in [0.4, 0.5) is 0 Å². The first-order chi connectivity index (χ1) is 19.8. The fourth-order valence-corrected chi connectivity index (χ4v) is 3.88. The Balaban J connectivity index is 1.45. The van der Waals surface area contributed by atoms with Crippen LogP contribution in [0.2, 0.25) is 0 Å². The van der Waals surface area contributed by atoms with E-state index in [2.05, 4.69) is 47.4 Å². The van der Waals surface area contributed by atoms with Crippen molar-refractivity contribution in [2.24, 2.45) is 0 Å². The molecular formula is C39H22O. The minimum Gasteiger partial charge on any atom is -0.298 e. The summed E-state index contributed by atoms with van der Waals surface area (Å²) in [5.41, 5.74) is 7.24. The van der Waals surface area contributed by atoms with Crippen LogP contribution in [0.15, 0.2) is 127 Å². The third-order valence-corrected chi connectivity index (χ3v) is 5.98. The predicted molar refractivity (Wildman–Crippen MR) is 162 cm³/mol. The lowest BCUT2D eigenvalue weighted by Gasteiger charge is -1.99. The Kier molecular flexibility index (Phi) is 8.34. The molecule has 0 spiro atoms. The van der Waals surface area contributed by atoms with E-state index >= 15 is 0 Å². The van der Waals surface area contributed by atoms with Crippen molar-refractivity contribution in [2.75, 3.05) is 0 Å². The Morgan fingerprint density at radius 1 is 0.325 bits per heavy atom. The molecule has 0 unspecified atom stereocenters. The van der Waals surface area contributed by atoms with Crippen LogP contribution in [0.5, 0.6) is 0 Å². The van der Waals surface area contributed by atoms with Gasteiger partial charge < -0.3 is 0 Å². The third-order valence-electron chi connectivity index (χ3n) is 5.98. The molecule has 0 bridgehead atoms. The van der Waals surface area contributed by atoms with Crippen molar-refractivity contribution in [3.05, 3.63) is 177 Å². The summed E-state index contributed by atoms with van der Waals surface area (Å²) in [4.78, 5) is 11.3. The molecule has 0 aliphatic rings. The predicted octanol–water partition coefficient (Wildman–Crippen LogP) is 7.10. The second-order valence-corrected chi connectivity index (χ2v) is 8.71. The second kappa shape index (κ2) is 13.0. The maximum atomic E-state index is 11.3. The van der Waals surface area contributed by atoms with E-state index < -0.39 is 0 Å². The van der Waals surface area contributed by atoms with E-state index in [1.807, 2.05) is 121 Å². The molecule has 0 atom stereocenters. The van der Waals surface area contributed by atoms with Gasteiger partial charge in [0, 0.05) is 50.1 Å². The van der Waals surface area contributed by atoms with Gasteiger partial charge in [0.15, 0.2) is 6.29 Å². The summed E-state index contributed by atoms with van der Waals surface area (Å²) in [6, 6.07) is 40.7. The van der Waals surface area contributed by atoms with E-state index in [1.165, 1.54) is 0 Å². The lowest BCUT2D eigenvalue weighted by atomic mass is 10.0. The maximum Gasteiger partial charge on any atom is 0.151 e. The minimum atomic E-state index is 0.568. The molecule has 0 aliphatic carbocycles. The quantitative estimate of drug-likeness (QED) is 0.175. The number of rotatable bonds is 1. The molecule has 0 heterocycles. The average molecular weight is 507 g/mol. The topological polar surface area (TPSA) is 17.1 Å². The van der Waals surface area contributed by atoms with Crippen molar-refractivity contribution in [1.82, 2.24) is 0 Å². The lowest BCUT2D eigenvalue weighted by Crippen LogP contribution is -1.88. The molecule has 0 aromatic heterocycles. The average Bonchev–Trinajstić information content (AvgIpc) is 3.02. The van der Waals surface area contributed by atoms with Gasteiger partial charge in [-0.25, -0.2) is 0 Å². The lowest BCUT2D eigenvalue weighted by molar-refractivity contribution is 0.112. The van der Waals surface area contributed by atoms with Crippen LogP contribution in [0.1, 0.15) is 54.9 Å². The van der Waals surface area contributed by atoms with Crippen molar-refractivity contribution in [3.8, 4) is 47.4 Å². The van der Waals surface area contributed by atoms with Gasteiger partial charge in [0.25, 0.3) is 0 Å². The van der Waals surface area contributed by atoms with Crippen molar-refractivity contribution < 1.29 is 4.79 Å². The van der Waals surface area contributed by atoms with E-state index in [-0.39, 0.29) is 0 Å². The van der Waals surface area contributed by atoms with Crippen molar-refractivity contribution >= 4 is 6.29 Å². The van der Waals surface area contributed by atoms with E-state index in [1.54, 1.807) is 6.07 Å². The zero-order valence-electron chi connectivity index (χ0n) is 21.6. The summed E-state index contributed by atoms with van der Waals surface area (Å²) in [6.07, 6.45) is 0.821. The Hall–Kier alpha value is -5.99. The number of hydrogen-bond donors (Lipinski definition) is 0. The van der Waals surface area contributed by atoms with Crippen LogP contribution < -0.4 is 0 Å². The molecule has 0 amide bonds. The molecule has 40 heavy (non-hydrogen) atoms. The van der Waals surface area contributed by atoms with Gasteiger partial charge >= 0.3 is 0 Å². The summed E-state index contributed by atoms with van der Waals surface area (Å²) < 4.78 is 0. The maximum absolute atomic E-state index is 11.3. The third kappa shape index (κ3) is 6.65. The molecule has 1 nitrogen and oxygen atoms in total. The largest absolute Gasteiger partial charge is 0.298 e. The van der Waals surface area contributed by atoms with E-state index in [9.17, 15) is 4.79 Å². The Bertz CT molecular complexity index is 1930. The molecule has 5 rings (SSSR count). The van der Waals surface area contributed by atoms with E-state index in [0.29, 0.717) is 11.1 Å². The first-order valence-corrected chi connectivity index (χ1v) is 12.7. The molecule has 184 valence electrons. The summed E-state index contributed by atoms with van der Waals surface area (Å²) >= 11 is 0. The van der Waals surface area contributed by atoms with Crippen LogP contribution in [0, 0.1) is 47.4 Å². The molecule has 1 heteroatoms. The number of carbonyl (C=O) groups is 1. The van der Waals surface area contributed by atoms with E-state index in [0.717, 1.165) is 45.2 Å². The zero-order valence-corrected chi connectivity index (χ0v) is 21.6. The molecule has 0 radical (unpaired) electrons. The van der Waals surface area contributed by atoms with Gasteiger partial charge in [0.2, 0.25) is 0 Å². The number of hydrogen-bond acceptors (Lipinski definition) is 1. The molecule has 0 N–H and O–H groups in total. The highest BCUT2D eigenvalue weighted by Gasteiger charge is 2.00. The highest BCUT2D eigenvalue weighted by Crippen LogP contribution is 2.12. The number of carbonyl (C=O) groups excluding carboxylic acids is 1. The zero-order chi connectivity index (χ0) is 27.4. The van der Waals surface area contributed by atoms with Crippen LogP contribution in [0.3, 0.4) is 0 Å². The Labute approximate surface area is 235 Å². The molecule has 0 saturated heterocycles. The van der Waals surface area contributed by atoms with Gasteiger partial charge in [-0.15, -0.1) is 0 Å². The fourth-order valence-electron chi connectivity index (χ4n) is 3.88. The smallest absolute Gasteiger partial charge is 0.151 e. The SMILES string of the molecule is O=Cc1ccccc1C#Cc1ccccc1C#Cc1ccccc1C#Cc1ccccc1C#Cc1ccccc1. The van der Waals surface area contributed by atoms with Crippen LogP contribution >= 0.6 is 0 Å². The molecular weight excluding hydrogens is 484 g/mol. The van der Waals surface area contributed by atoms with Crippen LogP contribution in [0.25, 0.3) is 0 Å². The molecule has 5 aromatic carbocycles. The monoisotopic (exact) mass is 506 g/mol. The van der Waals surface area contributed by atoms with Gasteiger partial charge in [0.05, 0.1) is 0 Å². The van der Waals surface area contributed by atoms with Gasteiger partial charge in [-0.2, -0.15) is 0 Å². The Morgan fingerprint density at radius 2 is 0.625 bits per heavy atom. The van der Waals surface area contributed by atoms with Crippen molar-refractivity contribution in [3.63, 3.8) is 0 Å². The first kappa shape index (κ1) is 25.7. The highest BCUT2D eigenvalue weighted by molar-refractivity contribution is 5.79. The molecule has 5 aromatic rings. The standard InChI is InChI=1S/C39H22O/c40-30-39-21-11-10-20-38(39)29-28-37-19-9-8-18-36(37)27-26-35-17-7-6-16-34(35)25-24-33-15-5-4-14-32(33)23-22-31-12-2-1-3-13-31/h1-21,30H. The normalized spacial score (nSPS) is 9.30. The Morgan fingerprint density at radius 3 is 1.02 bits per heavy atom. The molecule has 0 fully saturated rings. The summed E-state index contributed by atoms with van der Waals surface area (Å²) in [6.45, 7) is 0. The van der Waals surface area contributed by atoms with Crippen molar-refractivity contribution in [1.29, 1.82) is 0 Å². The summed E-state index contributed by atoms with van der Waals surface area (Å²) in [7, 11) is 0. The van der Waals surface area contributed by atoms with Crippen LogP contribution in [-0.2, 0) is 0 Å². The second-order valence-electron chi connectivity index (χ2n) is 8.71. The number of benzene rings is 5. The first-order valence-electron chi connectivity index (χ1n) is 12.7. The minimum absolute atomic E-state index is 0.568. The van der Waals surface area contributed by atoms with Gasteiger partial charge in [-0.3, -0.25) is 4.79 Å². The van der Waals surface area contributed by atoms with E-state index in [4.69, 9.17) is 0 Å². The molecule has 0 aliphatic heterocycles. The van der Waals surface area contributed by atoms with Crippen LogP contribution in [-0.4, -0.2) is 6.29 Å². The van der Waals surface area contributed by atoms with Gasteiger partial charge in [-0.05, 0) is 54.6 Å². The fraction of sp³-hybridized carbons (Fsp3) is 0. The summed E-state index contributed by atoms with van der Waals surface area (Å²) in [5.74, 6) is 25.9. The van der Waals surface area contributed by atoms with Crippen molar-refractivity contribution in [2.45, 2.75) is 0 Å². The molecule has 0 saturated carbocycles. The highest BCUT2D eigenvalue weighted by atomic mass is 16.1. The number of aldehydes is 1.